The van der Waals surface area contributed by atoms with Gasteiger partial charge < -0.3 is 9.80 Å². The Kier molecular flexibility index (Phi) is 4.34. The first-order valence-electron chi connectivity index (χ1n) is 9.43. The zero-order chi connectivity index (χ0) is 18.1. The van der Waals surface area contributed by atoms with Gasteiger partial charge in [0.05, 0.1) is 16.5 Å². The van der Waals surface area contributed by atoms with Crippen LogP contribution in [-0.2, 0) is 4.79 Å². The van der Waals surface area contributed by atoms with Crippen molar-refractivity contribution < 1.29 is 9.59 Å². The van der Waals surface area contributed by atoms with Gasteiger partial charge in [-0.3, -0.25) is 19.6 Å². The molecule has 2 aliphatic rings. The van der Waals surface area contributed by atoms with Crippen molar-refractivity contribution in [2.24, 2.45) is 5.41 Å². The molecule has 2 saturated heterocycles. The molecule has 1 atom stereocenters. The van der Waals surface area contributed by atoms with Crippen molar-refractivity contribution in [3.05, 3.63) is 36.2 Å². The van der Waals surface area contributed by atoms with Gasteiger partial charge in [0.1, 0.15) is 5.52 Å². The Morgan fingerprint density at radius 1 is 1.19 bits per heavy atom. The summed E-state index contributed by atoms with van der Waals surface area (Å²) < 4.78 is 0. The normalized spacial score (nSPS) is 23.2. The van der Waals surface area contributed by atoms with E-state index in [1.165, 1.54) is 0 Å². The number of likely N-dealkylation sites (tertiary alicyclic amines) is 2. The Balaban J connectivity index is 1.58. The number of hydrogen-bond acceptors (Lipinski definition) is 4. The first-order chi connectivity index (χ1) is 12.6. The highest BCUT2D eigenvalue weighted by molar-refractivity contribution is 6.05. The average molecular weight is 352 g/mol. The zero-order valence-electron chi connectivity index (χ0n) is 15.1. The molecular weight excluding hydrogens is 328 g/mol. The van der Waals surface area contributed by atoms with Gasteiger partial charge in [0.15, 0.2) is 0 Å². The van der Waals surface area contributed by atoms with Gasteiger partial charge in [0.25, 0.3) is 5.91 Å². The number of hydrogen-bond donors (Lipinski definition) is 0. The second-order valence-corrected chi connectivity index (χ2v) is 7.38. The minimum atomic E-state index is -0.390. The van der Waals surface area contributed by atoms with Crippen LogP contribution < -0.4 is 0 Å². The van der Waals surface area contributed by atoms with E-state index in [-0.39, 0.29) is 17.2 Å². The summed E-state index contributed by atoms with van der Waals surface area (Å²) >= 11 is 0. The van der Waals surface area contributed by atoms with Gasteiger partial charge >= 0.3 is 0 Å². The summed E-state index contributed by atoms with van der Waals surface area (Å²) in [7, 11) is 0. The van der Waals surface area contributed by atoms with Crippen molar-refractivity contribution in [1.29, 1.82) is 0 Å². The van der Waals surface area contributed by atoms with E-state index >= 15 is 0 Å². The summed E-state index contributed by atoms with van der Waals surface area (Å²) in [6, 6.07) is 5.50. The summed E-state index contributed by atoms with van der Waals surface area (Å²) in [5.74, 6) is 0.187. The Hall–Kier alpha value is -2.50. The molecule has 4 rings (SSSR count). The molecule has 1 aromatic carbocycles. The number of carbonyl (C=O) groups excluding carboxylic acids is 2. The molecule has 6 nitrogen and oxygen atoms in total. The summed E-state index contributed by atoms with van der Waals surface area (Å²) in [6.45, 7) is 4.90. The number of para-hydroxylation sites is 1. The summed E-state index contributed by atoms with van der Waals surface area (Å²) in [5, 5.41) is 0. The predicted octanol–water partition coefficient (Wildman–Crippen LogP) is 2.49. The van der Waals surface area contributed by atoms with E-state index in [9.17, 15) is 9.59 Å². The molecule has 0 radical (unpaired) electrons. The third kappa shape index (κ3) is 2.73. The van der Waals surface area contributed by atoms with Crippen LogP contribution in [0.25, 0.3) is 11.0 Å². The lowest BCUT2D eigenvalue weighted by atomic mass is 9.78. The maximum absolute atomic E-state index is 13.1. The van der Waals surface area contributed by atoms with Crippen molar-refractivity contribution in [1.82, 2.24) is 19.8 Å². The molecule has 6 heteroatoms. The first kappa shape index (κ1) is 16.9. The number of carbonyl (C=O) groups is 2. The van der Waals surface area contributed by atoms with Gasteiger partial charge in [-0.05, 0) is 37.8 Å². The number of nitrogens with zero attached hydrogens (tertiary/aromatic N) is 4. The van der Waals surface area contributed by atoms with Crippen LogP contribution >= 0.6 is 0 Å². The first-order valence-corrected chi connectivity index (χ1v) is 9.43. The van der Waals surface area contributed by atoms with E-state index in [1.54, 1.807) is 18.5 Å². The molecule has 1 spiro atoms. The monoisotopic (exact) mass is 352 g/mol. The lowest BCUT2D eigenvalue weighted by Gasteiger charge is -2.39. The number of amides is 2. The van der Waals surface area contributed by atoms with Crippen LogP contribution in [0.5, 0.6) is 0 Å². The Morgan fingerprint density at radius 2 is 2.04 bits per heavy atom. The number of piperidine rings is 1. The highest BCUT2D eigenvalue weighted by atomic mass is 16.2. The summed E-state index contributed by atoms with van der Waals surface area (Å²) in [4.78, 5) is 38.6. The van der Waals surface area contributed by atoms with Crippen LogP contribution in [0.4, 0.5) is 0 Å². The van der Waals surface area contributed by atoms with E-state index in [1.807, 2.05) is 21.9 Å². The lowest BCUT2D eigenvalue weighted by molar-refractivity contribution is -0.145. The van der Waals surface area contributed by atoms with Crippen molar-refractivity contribution in [2.45, 2.75) is 32.6 Å². The number of aromatic nitrogens is 2. The highest BCUT2D eigenvalue weighted by Gasteiger charge is 2.49. The van der Waals surface area contributed by atoms with E-state index < -0.39 is 0 Å². The van der Waals surface area contributed by atoms with Crippen LogP contribution in [0.2, 0.25) is 0 Å². The van der Waals surface area contributed by atoms with E-state index in [0.29, 0.717) is 24.2 Å². The summed E-state index contributed by atoms with van der Waals surface area (Å²) in [6.07, 6.45) is 6.87. The van der Waals surface area contributed by atoms with Crippen molar-refractivity contribution in [3.63, 3.8) is 0 Å². The molecule has 0 bridgehead atoms. The maximum atomic E-state index is 13.1. The van der Waals surface area contributed by atoms with Gasteiger partial charge in [-0.2, -0.15) is 0 Å². The second kappa shape index (κ2) is 6.67. The predicted molar refractivity (Wildman–Crippen MR) is 98.6 cm³/mol. The number of rotatable bonds is 3. The molecule has 1 aromatic heterocycles. The van der Waals surface area contributed by atoms with Gasteiger partial charge in [0, 0.05) is 38.6 Å². The molecule has 136 valence electrons. The Morgan fingerprint density at radius 3 is 2.88 bits per heavy atom. The van der Waals surface area contributed by atoms with Crippen LogP contribution in [-0.4, -0.2) is 57.8 Å². The molecule has 2 aromatic rings. The molecule has 0 unspecified atom stereocenters. The Bertz CT molecular complexity index is 845. The number of benzene rings is 1. The van der Waals surface area contributed by atoms with Crippen LogP contribution in [0.3, 0.4) is 0 Å². The molecule has 3 heterocycles. The van der Waals surface area contributed by atoms with Gasteiger partial charge in [-0.1, -0.05) is 13.0 Å². The van der Waals surface area contributed by atoms with E-state index in [0.717, 1.165) is 44.3 Å². The molecule has 2 fully saturated rings. The third-order valence-corrected chi connectivity index (χ3v) is 5.69. The molecular formula is C20H24N4O2. The van der Waals surface area contributed by atoms with Crippen molar-refractivity contribution >= 4 is 22.8 Å². The molecule has 2 amide bonds. The molecule has 2 aliphatic heterocycles. The largest absolute Gasteiger partial charge is 0.342 e. The molecule has 26 heavy (non-hydrogen) atoms. The fourth-order valence-corrected chi connectivity index (χ4v) is 4.40. The highest BCUT2D eigenvalue weighted by Crippen LogP contribution is 2.40. The maximum Gasteiger partial charge on any atom is 0.256 e. The SMILES string of the molecule is CCCN1CCC[C@]2(CCN(C(=O)c3cccc4nccnc34)C2)C1=O. The third-order valence-electron chi connectivity index (χ3n) is 5.69. The fraction of sp³-hybridized carbons (Fsp3) is 0.500. The summed E-state index contributed by atoms with van der Waals surface area (Å²) in [5.41, 5.74) is 1.53. The van der Waals surface area contributed by atoms with Crippen molar-refractivity contribution in [3.8, 4) is 0 Å². The fourth-order valence-electron chi connectivity index (χ4n) is 4.40. The lowest BCUT2D eigenvalue weighted by Crippen LogP contribution is -2.50. The minimum absolute atomic E-state index is 0.0478. The van der Waals surface area contributed by atoms with Crippen LogP contribution in [0, 0.1) is 5.41 Å². The second-order valence-electron chi connectivity index (χ2n) is 7.38. The molecule has 0 N–H and O–H groups in total. The average Bonchev–Trinajstić information content (AvgIpc) is 3.10. The Labute approximate surface area is 153 Å². The quantitative estimate of drug-likeness (QED) is 0.851. The van der Waals surface area contributed by atoms with E-state index in [4.69, 9.17) is 0 Å². The van der Waals surface area contributed by atoms with Gasteiger partial charge in [-0.25, -0.2) is 0 Å². The topological polar surface area (TPSA) is 66.4 Å². The van der Waals surface area contributed by atoms with Crippen LogP contribution in [0.1, 0.15) is 43.0 Å². The molecule has 0 saturated carbocycles. The van der Waals surface area contributed by atoms with Crippen molar-refractivity contribution in [2.75, 3.05) is 26.2 Å². The minimum Gasteiger partial charge on any atom is -0.342 e. The van der Waals surface area contributed by atoms with E-state index in [2.05, 4.69) is 16.9 Å². The van der Waals surface area contributed by atoms with Gasteiger partial charge in [0.2, 0.25) is 5.91 Å². The smallest absolute Gasteiger partial charge is 0.256 e. The van der Waals surface area contributed by atoms with Crippen LogP contribution in [0.15, 0.2) is 30.6 Å². The zero-order valence-corrected chi connectivity index (χ0v) is 15.1. The number of fused-ring (bicyclic) bond motifs is 1. The standard InChI is InChI=1S/C20H24N4O2/c1-2-11-23-12-4-7-20(19(23)26)8-13-24(14-20)18(25)15-5-3-6-16-17(15)22-10-9-21-16/h3,5-6,9-10H,2,4,7-8,11-14H2,1H3/t20-/m1/s1. The van der Waals surface area contributed by atoms with Gasteiger partial charge in [-0.15, -0.1) is 0 Å². The molecule has 0 aliphatic carbocycles.